The molecule has 7 nitrogen and oxygen atoms in total. The van der Waals surface area contributed by atoms with Gasteiger partial charge in [0.25, 0.3) is 0 Å². The molecule has 1 fully saturated rings. The molecule has 0 spiro atoms. The van der Waals surface area contributed by atoms with Crippen LogP contribution in [-0.4, -0.2) is 55.4 Å². The van der Waals surface area contributed by atoms with E-state index in [9.17, 15) is 14.0 Å². The normalized spacial score (nSPS) is 17.6. The Bertz CT molecular complexity index is 711. The minimum atomic E-state index is -0.452. The minimum absolute atomic E-state index is 0. The van der Waals surface area contributed by atoms with Crippen LogP contribution in [0.15, 0.2) is 29.3 Å². The molecular weight excluding hydrogens is 488 g/mol. The lowest BCUT2D eigenvalue weighted by molar-refractivity contribution is -0.133. The van der Waals surface area contributed by atoms with E-state index in [0.29, 0.717) is 25.5 Å². The number of guanidine groups is 1. The number of rotatable bonds is 7. The number of aliphatic imine (C=N–C) groups is 1. The molecule has 1 aliphatic rings. The molecule has 29 heavy (non-hydrogen) atoms. The Morgan fingerprint density at radius 2 is 1.97 bits per heavy atom. The van der Waals surface area contributed by atoms with Gasteiger partial charge in [-0.25, -0.2) is 4.39 Å². The van der Waals surface area contributed by atoms with Crippen molar-refractivity contribution < 1.29 is 14.0 Å². The Morgan fingerprint density at radius 1 is 1.31 bits per heavy atom. The van der Waals surface area contributed by atoms with Crippen molar-refractivity contribution in [1.82, 2.24) is 15.5 Å². The van der Waals surface area contributed by atoms with Crippen LogP contribution in [-0.2, 0) is 16.0 Å². The summed E-state index contributed by atoms with van der Waals surface area (Å²) in [6, 6.07) is 6.14. The highest BCUT2D eigenvalue weighted by molar-refractivity contribution is 14.0. The average Bonchev–Trinajstić information content (AvgIpc) is 3.12. The van der Waals surface area contributed by atoms with Crippen LogP contribution in [0, 0.1) is 17.7 Å². The molecule has 1 heterocycles. The Morgan fingerprint density at radius 3 is 2.52 bits per heavy atom. The predicted octanol–water partition coefficient (Wildman–Crippen LogP) is 1.51. The summed E-state index contributed by atoms with van der Waals surface area (Å²) in [5.74, 6) is -0.495. The van der Waals surface area contributed by atoms with Crippen molar-refractivity contribution in [1.29, 1.82) is 0 Å². The van der Waals surface area contributed by atoms with Crippen LogP contribution in [0.1, 0.15) is 25.8 Å². The topological polar surface area (TPSA) is 99.8 Å². The third kappa shape index (κ3) is 7.79. The molecule has 1 aliphatic heterocycles. The first kappa shape index (κ1) is 25.1. The van der Waals surface area contributed by atoms with Crippen LogP contribution in [0.4, 0.5) is 4.39 Å². The smallest absolute Gasteiger partial charge is 0.225 e. The number of hydrogen-bond donors (Lipinski definition) is 3. The molecule has 162 valence electrons. The molecule has 2 unspecified atom stereocenters. The van der Waals surface area contributed by atoms with Gasteiger partial charge >= 0.3 is 0 Å². The van der Waals surface area contributed by atoms with Crippen molar-refractivity contribution in [3.05, 3.63) is 35.6 Å². The fraction of sp³-hybridized carbons (Fsp3) is 0.550. The number of carbonyl (C=O) groups is 2. The van der Waals surface area contributed by atoms with E-state index >= 15 is 0 Å². The molecule has 0 aromatic heterocycles. The van der Waals surface area contributed by atoms with Gasteiger partial charge in [0.1, 0.15) is 5.82 Å². The van der Waals surface area contributed by atoms with Crippen molar-refractivity contribution in [3.8, 4) is 0 Å². The van der Waals surface area contributed by atoms with Crippen molar-refractivity contribution >= 4 is 41.8 Å². The van der Waals surface area contributed by atoms with Gasteiger partial charge in [0, 0.05) is 38.6 Å². The number of nitrogens with one attached hydrogen (secondary N) is 2. The van der Waals surface area contributed by atoms with E-state index in [1.165, 1.54) is 12.1 Å². The van der Waals surface area contributed by atoms with Gasteiger partial charge in [0.15, 0.2) is 5.96 Å². The Hall–Kier alpha value is -1.91. The number of benzene rings is 1. The first-order valence-electron chi connectivity index (χ1n) is 9.59. The number of nitrogens with two attached hydrogens (primary N) is 1. The summed E-state index contributed by atoms with van der Waals surface area (Å²) >= 11 is 0. The van der Waals surface area contributed by atoms with Gasteiger partial charge < -0.3 is 21.3 Å². The van der Waals surface area contributed by atoms with E-state index in [0.717, 1.165) is 18.5 Å². The Kier molecular flexibility index (Phi) is 10.3. The molecule has 4 N–H and O–H groups in total. The molecule has 2 rings (SSSR count). The first-order valence-corrected chi connectivity index (χ1v) is 9.59. The summed E-state index contributed by atoms with van der Waals surface area (Å²) in [6.45, 7) is 5.46. The van der Waals surface area contributed by atoms with Crippen LogP contribution < -0.4 is 16.4 Å². The molecular formula is C20H31FIN5O2. The highest BCUT2D eigenvalue weighted by Gasteiger charge is 2.28. The number of halogens is 2. The maximum Gasteiger partial charge on any atom is 0.225 e. The lowest BCUT2D eigenvalue weighted by Gasteiger charge is -2.21. The van der Waals surface area contributed by atoms with E-state index in [1.807, 2.05) is 18.7 Å². The van der Waals surface area contributed by atoms with E-state index in [4.69, 9.17) is 5.73 Å². The molecule has 0 saturated carbocycles. The molecule has 2 atom stereocenters. The summed E-state index contributed by atoms with van der Waals surface area (Å²) in [5.41, 5.74) is 6.37. The van der Waals surface area contributed by atoms with Crippen molar-refractivity contribution in [3.63, 3.8) is 0 Å². The van der Waals surface area contributed by atoms with Gasteiger partial charge in [0.05, 0.1) is 5.92 Å². The molecule has 1 aromatic rings. The lowest BCUT2D eigenvalue weighted by atomic mass is 9.98. The lowest BCUT2D eigenvalue weighted by Crippen LogP contribution is -2.47. The maximum atomic E-state index is 13.0. The zero-order valence-electron chi connectivity index (χ0n) is 17.2. The zero-order chi connectivity index (χ0) is 20.7. The van der Waals surface area contributed by atoms with Crippen molar-refractivity contribution in [2.45, 2.75) is 32.7 Å². The second kappa shape index (κ2) is 11.9. The number of amides is 2. The number of carbonyl (C=O) groups excluding carboxylic acids is 2. The SMILES string of the molecule is CN=C(NCC(Cc1ccc(F)cc1)C(N)=O)NC1CCN(C(=O)C(C)C)C1.I. The summed E-state index contributed by atoms with van der Waals surface area (Å²) in [4.78, 5) is 30.0. The summed E-state index contributed by atoms with van der Waals surface area (Å²) < 4.78 is 13.0. The van der Waals surface area contributed by atoms with Crippen LogP contribution in [0.2, 0.25) is 0 Å². The summed E-state index contributed by atoms with van der Waals surface area (Å²) in [6.07, 6.45) is 1.26. The number of hydrogen-bond acceptors (Lipinski definition) is 3. The molecule has 2 amide bonds. The van der Waals surface area contributed by atoms with E-state index in [1.54, 1.807) is 19.2 Å². The van der Waals surface area contributed by atoms with Crippen LogP contribution in [0.25, 0.3) is 0 Å². The number of primary amides is 1. The highest BCUT2D eigenvalue weighted by Crippen LogP contribution is 2.13. The highest BCUT2D eigenvalue weighted by atomic mass is 127. The predicted molar refractivity (Wildman–Crippen MR) is 123 cm³/mol. The molecule has 1 aromatic carbocycles. The second-order valence-electron chi connectivity index (χ2n) is 7.45. The third-order valence-electron chi connectivity index (χ3n) is 4.87. The van der Waals surface area contributed by atoms with E-state index < -0.39 is 11.8 Å². The van der Waals surface area contributed by atoms with Crippen molar-refractivity contribution in [2.75, 3.05) is 26.7 Å². The van der Waals surface area contributed by atoms with E-state index in [-0.39, 0.29) is 47.7 Å². The van der Waals surface area contributed by atoms with Crippen molar-refractivity contribution in [2.24, 2.45) is 22.6 Å². The van der Waals surface area contributed by atoms with Gasteiger partial charge in [-0.05, 0) is 30.5 Å². The number of nitrogens with zero attached hydrogens (tertiary/aromatic N) is 2. The third-order valence-corrected chi connectivity index (χ3v) is 4.87. The number of likely N-dealkylation sites (tertiary alicyclic amines) is 1. The monoisotopic (exact) mass is 519 g/mol. The van der Waals surface area contributed by atoms with Crippen LogP contribution >= 0.6 is 24.0 Å². The second-order valence-corrected chi connectivity index (χ2v) is 7.45. The minimum Gasteiger partial charge on any atom is -0.369 e. The fourth-order valence-corrected chi connectivity index (χ4v) is 3.23. The zero-order valence-corrected chi connectivity index (χ0v) is 19.5. The quantitative estimate of drug-likeness (QED) is 0.289. The van der Waals surface area contributed by atoms with Crippen LogP contribution in [0.3, 0.4) is 0 Å². The standard InChI is InChI=1S/C20H30FN5O2.HI/c1-13(2)19(28)26-9-8-17(12-26)25-20(23-3)24-11-15(18(22)27)10-14-4-6-16(21)7-5-14;/h4-7,13,15,17H,8-12H2,1-3H3,(H2,22,27)(H2,23,24,25);1H. The van der Waals surface area contributed by atoms with Gasteiger partial charge in [-0.3, -0.25) is 14.6 Å². The molecule has 0 bridgehead atoms. The Labute approximate surface area is 188 Å². The summed E-state index contributed by atoms with van der Waals surface area (Å²) in [7, 11) is 1.65. The average molecular weight is 519 g/mol. The first-order chi connectivity index (χ1) is 13.3. The van der Waals surface area contributed by atoms with Gasteiger partial charge in [-0.15, -0.1) is 24.0 Å². The van der Waals surface area contributed by atoms with E-state index in [2.05, 4.69) is 15.6 Å². The van der Waals surface area contributed by atoms with Gasteiger partial charge in [-0.1, -0.05) is 26.0 Å². The summed E-state index contributed by atoms with van der Waals surface area (Å²) in [5, 5.41) is 6.44. The molecule has 0 aliphatic carbocycles. The molecule has 9 heteroatoms. The molecule has 0 radical (unpaired) electrons. The molecule has 1 saturated heterocycles. The fourth-order valence-electron chi connectivity index (χ4n) is 3.23. The van der Waals surface area contributed by atoms with Gasteiger partial charge in [0.2, 0.25) is 11.8 Å². The maximum absolute atomic E-state index is 13.0. The largest absolute Gasteiger partial charge is 0.369 e. The van der Waals surface area contributed by atoms with Crippen LogP contribution in [0.5, 0.6) is 0 Å². The Balaban J connectivity index is 0.00000420. The van der Waals surface area contributed by atoms with Gasteiger partial charge in [-0.2, -0.15) is 0 Å².